The molecular formula is C13H16O5S. The second-order valence-corrected chi connectivity index (χ2v) is 7.02. The van der Waals surface area contributed by atoms with Crippen molar-refractivity contribution in [2.45, 2.75) is 12.5 Å². The van der Waals surface area contributed by atoms with Crippen LogP contribution in [0.3, 0.4) is 0 Å². The average molecular weight is 284 g/mol. The monoisotopic (exact) mass is 284 g/mol. The topological polar surface area (TPSA) is 69.7 Å². The van der Waals surface area contributed by atoms with Gasteiger partial charge in [-0.05, 0) is 18.3 Å². The maximum absolute atomic E-state index is 11.7. The van der Waals surface area contributed by atoms with Crippen LogP contribution in [0, 0.1) is 23.7 Å². The summed E-state index contributed by atoms with van der Waals surface area (Å²) in [6, 6.07) is 0. The van der Waals surface area contributed by atoms with Crippen LogP contribution in [0.1, 0.15) is 6.42 Å². The van der Waals surface area contributed by atoms with Crippen LogP contribution in [0.2, 0.25) is 0 Å². The van der Waals surface area contributed by atoms with Crippen LogP contribution in [0.15, 0.2) is 23.8 Å². The van der Waals surface area contributed by atoms with Gasteiger partial charge in [0.15, 0.2) is 0 Å². The predicted molar refractivity (Wildman–Crippen MR) is 67.5 cm³/mol. The molecule has 3 rings (SSSR count). The van der Waals surface area contributed by atoms with Crippen LogP contribution in [-0.2, 0) is 23.8 Å². The van der Waals surface area contributed by atoms with E-state index in [2.05, 4.69) is 6.08 Å². The molecule has 0 aliphatic heterocycles. The van der Waals surface area contributed by atoms with Crippen LogP contribution in [0.4, 0.5) is 0 Å². The molecule has 0 spiro atoms. The van der Waals surface area contributed by atoms with E-state index in [9.17, 15) is 13.2 Å². The van der Waals surface area contributed by atoms with Gasteiger partial charge in [0.05, 0.1) is 19.5 Å². The van der Waals surface area contributed by atoms with Gasteiger partial charge in [-0.3, -0.25) is 4.18 Å². The van der Waals surface area contributed by atoms with Crippen molar-refractivity contribution in [2.24, 2.45) is 23.7 Å². The fourth-order valence-electron chi connectivity index (χ4n) is 3.72. The van der Waals surface area contributed by atoms with Crippen molar-refractivity contribution in [2.75, 3.05) is 13.4 Å². The molecule has 19 heavy (non-hydrogen) atoms. The largest absolute Gasteiger partial charge is 0.466 e. The van der Waals surface area contributed by atoms with Crippen molar-refractivity contribution in [3.63, 3.8) is 0 Å². The van der Waals surface area contributed by atoms with Crippen molar-refractivity contribution >= 4 is 16.1 Å². The van der Waals surface area contributed by atoms with Gasteiger partial charge >= 0.3 is 5.97 Å². The average Bonchev–Trinajstić information content (AvgIpc) is 2.93. The summed E-state index contributed by atoms with van der Waals surface area (Å²) in [7, 11) is -2.12. The summed E-state index contributed by atoms with van der Waals surface area (Å²) < 4.78 is 32.6. The zero-order chi connectivity index (χ0) is 13.8. The Kier molecular flexibility index (Phi) is 2.83. The molecule has 6 heteroatoms. The molecule has 1 saturated carbocycles. The maximum atomic E-state index is 11.7. The highest BCUT2D eigenvalue weighted by Crippen LogP contribution is 2.55. The SMILES string of the molecule is COC(=O)C1=CC2C(OS(C)(=O)=O)CC3C=CC1C32. The predicted octanol–water partition coefficient (Wildman–Crippen LogP) is 0.882. The number of methoxy groups -OCH3 is 1. The van der Waals surface area contributed by atoms with Crippen LogP contribution in [0.5, 0.6) is 0 Å². The third-order valence-electron chi connectivity index (χ3n) is 4.30. The van der Waals surface area contributed by atoms with Crippen molar-refractivity contribution in [3.05, 3.63) is 23.8 Å². The summed E-state index contributed by atoms with van der Waals surface area (Å²) in [5.74, 6) is 0.244. The lowest BCUT2D eigenvalue weighted by molar-refractivity contribution is -0.136. The fourth-order valence-corrected chi connectivity index (χ4v) is 4.37. The van der Waals surface area contributed by atoms with Gasteiger partial charge in [0.25, 0.3) is 10.1 Å². The van der Waals surface area contributed by atoms with E-state index in [1.165, 1.54) is 7.11 Å². The van der Waals surface area contributed by atoms with Gasteiger partial charge in [-0.2, -0.15) is 8.42 Å². The Hall–Kier alpha value is -1.14. The molecule has 104 valence electrons. The fraction of sp³-hybridized carbons (Fsp3) is 0.615. The summed E-state index contributed by atoms with van der Waals surface area (Å²) in [5.41, 5.74) is 0.637. The first-order chi connectivity index (χ1) is 8.90. The van der Waals surface area contributed by atoms with Crippen LogP contribution < -0.4 is 0 Å². The summed E-state index contributed by atoms with van der Waals surface area (Å²) in [6.07, 6.45) is 7.35. The molecule has 3 aliphatic carbocycles. The Morgan fingerprint density at radius 3 is 2.74 bits per heavy atom. The van der Waals surface area contributed by atoms with Gasteiger partial charge in [-0.15, -0.1) is 0 Å². The molecule has 0 amide bonds. The van der Waals surface area contributed by atoms with Crippen molar-refractivity contribution < 1.29 is 22.1 Å². The number of rotatable bonds is 3. The van der Waals surface area contributed by atoms with E-state index in [-0.39, 0.29) is 29.8 Å². The van der Waals surface area contributed by atoms with Gasteiger partial charge in [-0.1, -0.05) is 18.2 Å². The van der Waals surface area contributed by atoms with Crippen molar-refractivity contribution in [1.29, 1.82) is 0 Å². The molecule has 0 bridgehead atoms. The molecule has 5 unspecified atom stereocenters. The summed E-state index contributed by atoms with van der Waals surface area (Å²) in [5, 5.41) is 0. The van der Waals surface area contributed by atoms with Gasteiger partial charge < -0.3 is 4.74 Å². The van der Waals surface area contributed by atoms with Gasteiger partial charge in [0, 0.05) is 17.4 Å². The first-order valence-corrected chi connectivity index (χ1v) is 8.09. The van der Waals surface area contributed by atoms with E-state index in [1.807, 2.05) is 12.2 Å². The van der Waals surface area contributed by atoms with Crippen LogP contribution in [-0.4, -0.2) is 33.9 Å². The molecule has 5 atom stereocenters. The highest BCUT2D eigenvalue weighted by molar-refractivity contribution is 7.86. The third kappa shape index (κ3) is 2.03. The second-order valence-electron chi connectivity index (χ2n) is 5.42. The first-order valence-electron chi connectivity index (χ1n) is 6.27. The number of carbonyl (C=O) groups is 1. The molecule has 3 aliphatic rings. The zero-order valence-electron chi connectivity index (χ0n) is 10.8. The number of carbonyl (C=O) groups excluding carboxylic acids is 1. The highest BCUT2D eigenvalue weighted by atomic mass is 32.2. The number of hydrogen-bond acceptors (Lipinski definition) is 5. The molecule has 0 aromatic carbocycles. The Morgan fingerprint density at radius 1 is 1.37 bits per heavy atom. The quantitative estimate of drug-likeness (QED) is 0.437. The molecule has 0 aromatic heterocycles. The Morgan fingerprint density at radius 2 is 2.11 bits per heavy atom. The normalized spacial score (nSPS) is 39.3. The Bertz CT molecular complexity index is 574. The van der Waals surface area contributed by atoms with Gasteiger partial charge in [0.1, 0.15) is 0 Å². The summed E-state index contributed by atoms with van der Waals surface area (Å²) in [6.45, 7) is 0. The Labute approximate surface area is 112 Å². The number of hydrogen-bond donors (Lipinski definition) is 0. The molecule has 0 aromatic rings. The number of allylic oxidation sites excluding steroid dienone is 2. The minimum atomic E-state index is -3.48. The highest BCUT2D eigenvalue weighted by Gasteiger charge is 2.54. The van der Waals surface area contributed by atoms with E-state index in [1.54, 1.807) is 0 Å². The molecule has 5 nitrogen and oxygen atoms in total. The lowest BCUT2D eigenvalue weighted by Crippen LogP contribution is -2.22. The van der Waals surface area contributed by atoms with E-state index >= 15 is 0 Å². The standard InChI is InChI=1S/C13H16O5S/c1-17-13(14)9-6-10-11(18-19(2,15)16)5-7-3-4-8(9)12(7)10/h3-4,6-8,10-12H,5H2,1-2H3. The third-order valence-corrected chi connectivity index (χ3v) is 4.90. The van der Waals surface area contributed by atoms with E-state index < -0.39 is 10.1 Å². The summed E-state index contributed by atoms with van der Waals surface area (Å²) >= 11 is 0. The van der Waals surface area contributed by atoms with Gasteiger partial charge in [0.2, 0.25) is 0 Å². The lowest BCUT2D eigenvalue weighted by atomic mass is 9.88. The molecule has 0 radical (unpaired) electrons. The number of ether oxygens (including phenoxy) is 1. The lowest BCUT2D eigenvalue weighted by Gasteiger charge is -2.18. The second kappa shape index (κ2) is 4.18. The number of esters is 1. The maximum Gasteiger partial charge on any atom is 0.334 e. The molecular weight excluding hydrogens is 268 g/mol. The van der Waals surface area contributed by atoms with E-state index in [0.717, 1.165) is 6.26 Å². The molecule has 1 fully saturated rings. The first kappa shape index (κ1) is 12.9. The van der Waals surface area contributed by atoms with Crippen LogP contribution in [0.25, 0.3) is 0 Å². The zero-order valence-corrected chi connectivity index (χ0v) is 11.6. The van der Waals surface area contributed by atoms with Crippen LogP contribution >= 0.6 is 0 Å². The van der Waals surface area contributed by atoms with E-state index in [0.29, 0.717) is 17.9 Å². The molecule has 0 N–H and O–H groups in total. The van der Waals surface area contributed by atoms with Crippen molar-refractivity contribution in [1.82, 2.24) is 0 Å². The molecule has 0 saturated heterocycles. The Balaban J connectivity index is 1.90. The smallest absolute Gasteiger partial charge is 0.334 e. The van der Waals surface area contributed by atoms with E-state index in [4.69, 9.17) is 8.92 Å². The van der Waals surface area contributed by atoms with Gasteiger partial charge in [-0.25, -0.2) is 4.79 Å². The summed E-state index contributed by atoms with van der Waals surface area (Å²) in [4.78, 5) is 11.7. The minimum Gasteiger partial charge on any atom is -0.466 e. The minimum absolute atomic E-state index is 0.0196. The molecule has 0 heterocycles. The van der Waals surface area contributed by atoms with Crippen molar-refractivity contribution in [3.8, 4) is 0 Å².